The number of carbonyl (C=O) groups excluding carboxylic acids is 3. The van der Waals surface area contributed by atoms with Gasteiger partial charge in [-0.3, -0.25) is 14.4 Å². The minimum atomic E-state index is -0.738. The van der Waals surface area contributed by atoms with Crippen LogP contribution in [0.1, 0.15) is 46.9 Å². The van der Waals surface area contributed by atoms with Gasteiger partial charge < -0.3 is 34.9 Å². The predicted molar refractivity (Wildman–Crippen MR) is 130 cm³/mol. The molecule has 2 aromatic carbocycles. The van der Waals surface area contributed by atoms with Gasteiger partial charge in [-0.15, -0.1) is 0 Å². The number of carbonyl (C=O) groups is 3. The van der Waals surface area contributed by atoms with E-state index in [1.165, 1.54) is 32.4 Å². The number of hydrogen-bond donors (Lipinski definition) is 2. The van der Waals surface area contributed by atoms with Crippen LogP contribution in [0.25, 0.3) is 0 Å². The molecule has 188 valence electrons. The number of nitrogens with zero attached hydrogens (tertiary/aromatic N) is 1. The molecule has 1 heterocycles. The Bertz CT molecular complexity index is 1080. The average Bonchev–Trinajstić information content (AvgIpc) is 2.87. The maximum Gasteiger partial charge on any atom is 0.260 e. The van der Waals surface area contributed by atoms with Crippen LogP contribution in [0.3, 0.4) is 0 Å². The Hall–Kier alpha value is -3.95. The van der Waals surface area contributed by atoms with E-state index in [1.807, 2.05) is 0 Å². The van der Waals surface area contributed by atoms with Crippen LogP contribution < -0.4 is 30.0 Å². The lowest BCUT2D eigenvalue weighted by atomic mass is 10.1. The maximum absolute atomic E-state index is 13.0. The highest BCUT2D eigenvalue weighted by atomic mass is 16.5. The summed E-state index contributed by atoms with van der Waals surface area (Å²) >= 11 is 0. The maximum atomic E-state index is 13.0. The Morgan fingerprint density at radius 3 is 2.23 bits per heavy atom. The number of anilines is 1. The van der Waals surface area contributed by atoms with Gasteiger partial charge in [0, 0.05) is 24.7 Å². The van der Waals surface area contributed by atoms with Crippen molar-refractivity contribution in [2.75, 3.05) is 45.8 Å². The molecule has 0 radical (unpaired) electrons. The molecule has 0 unspecified atom stereocenters. The Morgan fingerprint density at radius 1 is 0.914 bits per heavy atom. The summed E-state index contributed by atoms with van der Waals surface area (Å²) in [7, 11) is 2.87. The van der Waals surface area contributed by atoms with E-state index in [1.54, 1.807) is 24.0 Å². The topological polar surface area (TPSA) is 129 Å². The SMILES string of the molecule is CCOc1cc(C(=O)Nc2cc(OC)c(OC)cc2C(N)=O)ccc1OCC(=O)N1CCCCC1. The Kier molecular flexibility index (Phi) is 8.77. The van der Waals surface area contributed by atoms with Gasteiger partial charge in [0.1, 0.15) is 0 Å². The number of rotatable bonds is 10. The second-order valence-electron chi connectivity index (χ2n) is 7.90. The molecule has 10 nitrogen and oxygen atoms in total. The Labute approximate surface area is 204 Å². The first-order valence-electron chi connectivity index (χ1n) is 11.4. The highest BCUT2D eigenvalue weighted by Gasteiger charge is 2.20. The number of nitrogens with two attached hydrogens (primary N) is 1. The molecule has 1 fully saturated rings. The third-order valence-corrected chi connectivity index (χ3v) is 5.60. The van der Waals surface area contributed by atoms with Crippen molar-refractivity contribution in [2.24, 2.45) is 5.73 Å². The summed E-state index contributed by atoms with van der Waals surface area (Å²) in [4.78, 5) is 39.2. The van der Waals surface area contributed by atoms with E-state index < -0.39 is 11.8 Å². The minimum absolute atomic E-state index is 0.0669. The fourth-order valence-corrected chi connectivity index (χ4v) is 3.79. The molecule has 0 bridgehead atoms. The van der Waals surface area contributed by atoms with Crippen LogP contribution in [-0.2, 0) is 4.79 Å². The van der Waals surface area contributed by atoms with Crippen molar-refractivity contribution >= 4 is 23.4 Å². The van der Waals surface area contributed by atoms with Crippen LogP contribution in [-0.4, -0.2) is 63.1 Å². The Morgan fingerprint density at radius 2 is 1.60 bits per heavy atom. The molecule has 0 aliphatic carbocycles. The summed E-state index contributed by atoms with van der Waals surface area (Å²) in [6, 6.07) is 7.50. The molecule has 2 aromatic rings. The predicted octanol–water partition coefficient (Wildman–Crippen LogP) is 2.85. The van der Waals surface area contributed by atoms with Crippen molar-refractivity contribution in [1.82, 2.24) is 4.90 Å². The summed E-state index contributed by atoms with van der Waals surface area (Å²) in [6.45, 7) is 3.51. The van der Waals surface area contributed by atoms with Crippen LogP contribution in [0, 0.1) is 0 Å². The van der Waals surface area contributed by atoms with E-state index >= 15 is 0 Å². The van der Waals surface area contributed by atoms with E-state index in [9.17, 15) is 14.4 Å². The number of methoxy groups -OCH3 is 2. The molecule has 10 heteroatoms. The van der Waals surface area contributed by atoms with Gasteiger partial charge in [0.2, 0.25) is 0 Å². The molecule has 0 aromatic heterocycles. The molecule has 0 spiro atoms. The second kappa shape index (κ2) is 12.0. The summed E-state index contributed by atoms with van der Waals surface area (Å²) in [6.07, 6.45) is 3.13. The van der Waals surface area contributed by atoms with E-state index in [0.717, 1.165) is 32.4 Å². The highest BCUT2D eigenvalue weighted by Crippen LogP contribution is 2.34. The van der Waals surface area contributed by atoms with Gasteiger partial charge in [0.15, 0.2) is 29.6 Å². The molecule has 35 heavy (non-hydrogen) atoms. The molecule has 3 rings (SSSR count). The smallest absolute Gasteiger partial charge is 0.260 e. The fourth-order valence-electron chi connectivity index (χ4n) is 3.79. The summed E-state index contributed by atoms with van der Waals surface area (Å²) in [5.41, 5.74) is 5.98. The molecule has 1 aliphatic heterocycles. The van der Waals surface area contributed by atoms with Crippen molar-refractivity contribution in [3.05, 3.63) is 41.5 Å². The van der Waals surface area contributed by atoms with Gasteiger partial charge in [0.25, 0.3) is 17.7 Å². The van der Waals surface area contributed by atoms with Crippen LogP contribution in [0.2, 0.25) is 0 Å². The number of ether oxygens (including phenoxy) is 4. The lowest BCUT2D eigenvalue weighted by Gasteiger charge is -2.26. The van der Waals surface area contributed by atoms with Crippen LogP contribution in [0.5, 0.6) is 23.0 Å². The molecule has 0 saturated carbocycles. The molecule has 1 aliphatic rings. The molecular weight excluding hydrogens is 454 g/mol. The first kappa shape index (κ1) is 25.7. The quantitative estimate of drug-likeness (QED) is 0.529. The first-order chi connectivity index (χ1) is 16.9. The standard InChI is InChI=1S/C25H31N3O7/c1-4-34-22-12-16(8-9-19(22)35-15-23(29)28-10-6-5-7-11-28)25(31)27-18-14-21(33-3)20(32-2)13-17(18)24(26)30/h8-9,12-14H,4-7,10-11,15H2,1-3H3,(H2,26,30)(H,27,31). The number of amides is 3. The fraction of sp³-hybridized carbons (Fsp3) is 0.400. The van der Waals surface area contributed by atoms with Crippen molar-refractivity contribution in [3.8, 4) is 23.0 Å². The molecule has 3 amide bonds. The number of benzene rings is 2. The number of hydrogen-bond acceptors (Lipinski definition) is 7. The third-order valence-electron chi connectivity index (χ3n) is 5.60. The number of likely N-dealkylation sites (tertiary alicyclic amines) is 1. The van der Waals surface area contributed by atoms with E-state index in [4.69, 9.17) is 24.7 Å². The zero-order valence-electron chi connectivity index (χ0n) is 20.2. The van der Waals surface area contributed by atoms with Crippen molar-refractivity contribution in [1.29, 1.82) is 0 Å². The third kappa shape index (κ3) is 6.34. The van der Waals surface area contributed by atoms with Gasteiger partial charge in [-0.1, -0.05) is 0 Å². The van der Waals surface area contributed by atoms with Crippen LogP contribution in [0.4, 0.5) is 5.69 Å². The zero-order valence-corrected chi connectivity index (χ0v) is 20.2. The average molecular weight is 486 g/mol. The van der Waals surface area contributed by atoms with Crippen LogP contribution in [0.15, 0.2) is 30.3 Å². The van der Waals surface area contributed by atoms with Gasteiger partial charge in [-0.2, -0.15) is 0 Å². The monoisotopic (exact) mass is 485 g/mol. The number of primary amides is 1. The normalized spacial score (nSPS) is 13.1. The second-order valence-corrected chi connectivity index (χ2v) is 7.90. The van der Waals surface area contributed by atoms with Crippen LogP contribution >= 0.6 is 0 Å². The van der Waals surface area contributed by atoms with Gasteiger partial charge in [-0.05, 0) is 50.5 Å². The van der Waals surface area contributed by atoms with E-state index in [-0.39, 0.29) is 29.3 Å². The lowest BCUT2D eigenvalue weighted by Crippen LogP contribution is -2.38. The number of nitrogens with one attached hydrogen (secondary N) is 1. The van der Waals surface area contributed by atoms with Gasteiger partial charge in [-0.25, -0.2) is 0 Å². The summed E-state index contributed by atoms with van der Waals surface area (Å²) < 4.78 is 21.8. The van der Waals surface area contributed by atoms with Crippen molar-refractivity contribution in [2.45, 2.75) is 26.2 Å². The molecule has 1 saturated heterocycles. The minimum Gasteiger partial charge on any atom is -0.493 e. The van der Waals surface area contributed by atoms with Gasteiger partial charge in [0.05, 0.1) is 32.1 Å². The molecular formula is C25H31N3O7. The first-order valence-corrected chi connectivity index (χ1v) is 11.4. The largest absolute Gasteiger partial charge is 0.493 e. The van der Waals surface area contributed by atoms with Crippen molar-refractivity contribution < 1.29 is 33.3 Å². The molecule has 3 N–H and O–H groups in total. The Balaban J connectivity index is 1.78. The summed E-state index contributed by atoms with van der Waals surface area (Å²) in [5, 5.41) is 2.68. The number of piperidine rings is 1. The lowest BCUT2D eigenvalue weighted by molar-refractivity contribution is -0.134. The van der Waals surface area contributed by atoms with E-state index in [2.05, 4.69) is 5.32 Å². The molecule has 0 atom stereocenters. The van der Waals surface area contributed by atoms with Gasteiger partial charge >= 0.3 is 0 Å². The van der Waals surface area contributed by atoms with E-state index in [0.29, 0.717) is 29.6 Å². The highest BCUT2D eigenvalue weighted by molar-refractivity contribution is 6.09. The summed E-state index contributed by atoms with van der Waals surface area (Å²) in [5.74, 6) is -0.00779. The zero-order chi connectivity index (χ0) is 25.4. The van der Waals surface area contributed by atoms with Crippen molar-refractivity contribution in [3.63, 3.8) is 0 Å².